The van der Waals surface area contributed by atoms with Crippen LogP contribution in [0.3, 0.4) is 0 Å². The van der Waals surface area contributed by atoms with Crippen LogP contribution in [0, 0.1) is 0 Å². The second kappa shape index (κ2) is 47.3. The third kappa shape index (κ3) is 42.9. The maximum Gasteiger partial charge on any atom is 0.328 e. The number of nitrogens with two attached hydrogens (primary N) is 2. The van der Waals surface area contributed by atoms with E-state index in [1.807, 2.05) is 0 Å². The Morgan fingerprint density at radius 3 is 1.33 bits per heavy atom. The second-order valence-corrected chi connectivity index (χ2v) is 17.9. The molecule has 0 aromatic heterocycles. The smallest absolute Gasteiger partial charge is 0.328 e. The summed E-state index contributed by atoms with van der Waals surface area (Å²) in [6, 6.07) is -1.35. The molecule has 0 spiro atoms. The lowest BCUT2D eigenvalue weighted by Crippen LogP contribution is -2.42. The molecule has 0 saturated carbocycles. The molecule has 360 valence electrons. The molecular formula is C51H100N4O6. The number of amides is 2. The van der Waals surface area contributed by atoms with Crippen LogP contribution in [0.1, 0.15) is 264 Å². The number of esters is 2. The lowest BCUT2D eigenvalue weighted by molar-refractivity contribution is -0.149. The molecule has 10 nitrogen and oxygen atoms in total. The zero-order valence-corrected chi connectivity index (χ0v) is 40.2. The van der Waals surface area contributed by atoms with Gasteiger partial charge in [-0.25, -0.2) is 4.79 Å². The molecule has 0 aliphatic carbocycles. The lowest BCUT2D eigenvalue weighted by atomic mass is 10.0. The van der Waals surface area contributed by atoms with E-state index in [1.54, 1.807) is 0 Å². The van der Waals surface area contributed by atoms with Crippen molar-refractivity contribution in [3.63, 3.8) is 0 Å². The summed E-state index contributed by atoms with van der Waals surface area (Å²) in [5.41, 5.74) is 11.5. The molecule has 0 aliphatic rings. The van der Waals surface area contributed by atoms with Gasteiger partial charge in [-0.15, -0.1) is 0 Å². The summed E-state index contributed by atoms with van der Waals surface area (Å²) >= 11 is 0. The second-order valence-electron chi connectivity index (χ2n) is 17.9. The summed E-state index contributed by atoms with van der Waals surface area (Å²) < 4.78 is 11.1. The molecule has 61 heavy (non-hydrogen) atoms. The minimum Gasteiger partial charge on any atom is -0.466 e. The van der Waals surface area contributed by atoms with Crippen molar-refractivity contribution in [2.24, 2.45) is 11.5 Å². The predicted molar refractivity (Wildman–Crippen MR) is 255 cm³/mol. The third-order valence-corrected chi connectivity index (χ3v) is 11.9. The minimum atomic E-state index is -0.863. The molecule has 0 bridgehead atoms. The molecule has 0 saturated heterocycles. The predicted octanol–water partition coefficient (Wildman–Crippen LogP) is 12.2. The molecule has 2 unspecified atom stereocenters. The normalized spacial score (nSPS) is 12.3. The summed E-state index contributed by atoms with van der Waals surface area (Å²) in [5, 5.41) is 5.77. The Morgan fingerprint density at radius 1 is 0.459 bits per heavy atom. The lowest BCUT2D eigenvalue weighted by Gasteiger charge is -2.18. The Bertz CT molecular complexity index is 998. The van der Waals surface area contributed by atoms with Gasteiger partial charge in [0.15, 0.2) is 0 Å². The van der Waals surface area contributed by atoms with Crippen molar-refractivity contribution in [2.45, 2.75) is 276 Å². The van der Waals surface area contributed by atoms with Gasteiger partial charge in [0.1, 0.15) is 6.04 Å². The van der Waals surface area contributed by atoms with E-state index in [1.165, 1.54) is 141 Å². The SMILES string of the molecule is CCCCCCCCCCCCCCCCOC(=O)CCC(NC(=O)CCCCCCCNC(=O)C(N)CCCCN)C(=O)OCCCCCCCCCCCCCCCC. The third-order valence-electron chi connectivity index (χ3n) is 11.9. The van der Waals surface area contributed by atoms with E-state index in [9.17, 15) is 19.2 Å². The average molecular weight is 865 g/mol. The highest BCUT2D eigenvalue weighted by molar-refractivity contribution is 5.85. The fourth-order valence-electron chi connectivity index (χ4n) is 7.83. The van der Waals surface area contributed by atoms with Gasteiger partial charge in [0.2, 0.25) is 11.8 Å². The standard InChI is InChI=1S/C51H100N4O6/c1-3-5-7-9-11-13-15-17-19-21-23-25-30-36-44-60-49(57)41-40-47(51(59)61-45-37-31-26-24-22-20-18-16-14-12-10-8-6-4-2)55-48(56)39-32-28-27-29-35-43-54-50(58)46(53)38-33-34-42-52/h46-47H,3-45,52-53H2,1-2H3,(H,54,58)(H,55,56). The number of hydrogen-bond donors (Lipinski definition) is 4. The van der Waals surface area contributed by atoms with E-state index >= 15 is 0 Å². The molecule has 10 heteroatoms. The highest BCUT2D eigenvalue weighted by atomic mass is 16.5. The quantitative estimate of drug-likeness (QED) is 0.0347. The molecule has 2 amide bonds. The van der Waals surface area contributed by atoms with E-state index in [0.29, 0.717) is 45.6 Å². The van der Waals surface area contributed by atoms with E-state index in [-0.39, 0.29) is 30.6 Å². The van der Waals surface area contributed by atoms with E-state index in [4.69, 9.17) is 20.9 Å². The first-order valence-electron chi connectivity index (χ1n) is 26.2. The van der Waals surface area contributed by atoms with Crippen molar-refractivity contribution in [1.29, 1.82) is 0 Å². The minimum absolute atomic E-state index is 0.0622. The first-order valence-corrected chi connectivity index (χ1v) is 26.2. The number of nitrogens with one attached hydrogen (secondary N) is 2. The summed E-state index contributed by atoms with van der Waals surface area (Å²) in [4.78, 5) is 50.8. The van der Waals surface area contributed by atoms with Crippen molar-refractivity contribution >= 4 is 23.8 Å². The Labute approximate surface area is 376 Å². The summed E-state index contributed by atoms with van der Waals surface area (Å²) in [6.07, 6.45) is 42.7. The Hall–Kier alpha value is -2.20. The molecule has 0 fully saturated rings. The molecule has 0 radical (unpaired) electrons. The maximum atomic E-state index is 13.1. The number of hydrogen-bond acceptors (Lipinski definition) is 8. The van der Waals surface area contributed by atoms with Gasteiger partial charge in [0, 0.05) is 19.4 Å². The Morgan fingerprint density at radius 2 is 0.869 bits per heavy atom. The van der Waals surface area contributed by atoms with Crippen molar-refractivity contribution in [3.05, 3.63) is 0 Å². The Kier molecular flexibility index (Phi) is 45.6. The molecule has 2 atom stereocenters. The first-order chi connectivity index (χ1) is 29.8. The largest absolute Gasteiger partial charge is 0.466 e. The van der Waals surface area contributed by atoms with E-state index in [2.05, 4.69) is 24.5 Å². The number of carbonyl (C=O) groups excluding carboxylic acids is 4. The van der Waals surface area contributed by atoms with Crippen LogP contribution in [-0.4, -0.2) is 62.1 Å². The first kappa shape index (κ1) is 58.8. The van der Waals surface area contributed by atoms with Crippen LogP contribution in [0.2, 0.25) is 0 Å². The van der Waals surface area contributed by atoms with Crippen molar-refractivity contribution in [1.82, 2.24) is 10.6 Å². The van der Waals surface area contributed by atoms with Crippen molar-refractivity contribution in [2.75, 3.05) is 26.3 Å². The molecular weight excluding hydrogens is 765 g/mol. The number of carbonyl (C=O) groups is 4. The zero-order chi connectivity index (χ0) is 44.7. The van der Waals surface area contributed by atoms with Crippen LogP contribution < -0.4 is 22.1 Å². The van der Waals surface area contributed by atoms with Gasteiger partial charge in [-0.05, 0) is 51.5 Å². The van der Waals surface area contributed by atoms with Crippen LogP contribution in [0.15, 0.2) is 0 Å². The molecule has 0 rings (SSSR count). The van der Waals surface area contributed by atoms with Gasteiger partial charge in [0.05, 0.1) is 19.3 Å². The highest BCUT2D eigenvalue weighted by Crippen LogP contribution is 2.15. The topological polar surface area (TPSA) is 163 Å². The van der Waals surface area contributed by atoms with Gasteiger partial charge < -0.3 is 31.6 Å². The zero-order valence-electron chi connectivity index (χ0n) is 40.2. The maximum absolute atomic E-state index is 13.1. The van der Waals surface area contributed by atoms with Crippen molar-refractivity contribution in [3.8, 4) is 0 Å². The Balaban J connectivity index is 4.41. The number of unbranched alkanes of at least 4 members (excludes halogenated alkanes) is 31. The summed E-state index contributed by atoms with van der Waals surface area (Å²) in [6.45, 7) is 6.45. The number of ether oxygens (including phenoxy) is 2. The van der Waals surface area contributed by atoms with E-state index in [0.717, 1.165) is 77.0 Å². The van der Waals surface area contributed by atoms with Crippen LogP contribution in [0.4, 0.5) is 0 Å². The molecule has 0 aliphatic heterocycles. The molecule has 0 heterocycles. The van der Waals surface area contributed by atoms with Gasteiger partial charge >= 0.3 is 11.9 Å². The highest BCUT2D eigenvalue weighted by Gasteiger charge is 2.23. The van der Waals surface area contributed by atoms with Gasteiger partial charge in [-0.2, -0.15) is 0 Å². The van der Waals surface area contributed by atoms with Crippen LogP contribution in [0.25, 0.3) is 0 Å². The van der Waals surface area contributed by atoms with Crippen LogP contribution >= 0.6 is 0 Å². The van der Waals surface area contributed by atoms with Gasteiger partial charge in [0.25, 0.3) is 0 Å². The summed E-state index contributed by atoms with van der Waals surface area (Å²) in [5.74, 6) is -1.12. The van der Waals surface area contributed by atoms with Crippen LogP contribution in [-0.2, 0) is 28.7 Å². The summed E-state index contributed by atoms with van der Waals surface area (Å²) in [7, 11) is 0. The fourth-order valence-corrected chi connectivity index (χ4v) is 7.83. The fraction of sp³-hybridized carbons (Fsp3) is 0.922. The number of rotatable bonds is 48. The monoisotopic (exact) mass is 865 g/mol. The van der Waals surface area contributed by atoms with Gasteiger partial charge in [-0.1, -0.05) is 206 Å². The van der Waals surface area contributed by atoms with E-state index < -0.39 is 18.1 Å². The average Bonchev–Trinajstić information content (AvgIpc) is 3.25. The van der Waals surface area contributed by atoms with Crippen molar-refractivity contribution < 1.29 is 28.7 Å². The molecule has 0 aromatic carbocycles. The molecule has 0 aromatic rings. The van der Waals surface area contributed by atoms with Gasteiger partial charge in [-0.3, -0.25) is 14.4 Å². The molecule has 6 N–H and O–H groups in total. The van der Waals surface area contributed by atoms with Crippen LogP contribution in [0.5, 0.6) is 0 Å².